The summed E-state index contributed by atoms with van der Waals surface area (Å²) in [7, 11) is 0. The third kappa shape index (κ3) is 5.04. The minimum Gasteiger partial charge on any atom is -0.341 e. The first-order chi connectivity index (χ1) is 16.1. The van der Waals surface area contributed by atoms with E-state index < -0.39 is 11.8 Å². The number of fused-ring (bicyclic) bond motifs is 1. The summed E-state index contributed by atoms with van der Waals surface area (Å²) < 4.78 is 29.6. The Morgan fingerprint density at radius 3 is 2.71 bits per heavy atom. The van der Waals surface area contributed by atoms with E-state index in [1.54, 1.807) is 11.1 Å². The van der Waals surface area contributed by atoms with E-state index in [0.29, 0.717) is 51.1 Å². The number of anilines is 1. The zero-order valence-electron chi connectivity index (χ0n) is 20.7. The minimum atomic E-state index is -2.96. The molecule has 0 bridgehead atoms. The van der Waals surface area contributed by atoms with Crippen LogP contribution in [0.4, 0.5) is 14.5 Å². The number of alkyl halides is 2. The maximum Gasteiger partial charge on any atom is 0.292 e. The van der Waals surface area contributed by atoms with Crippen LogP contribution in [0.3, 0.4) is 0 Å². The van der Waals surface area contributed by atoms with Crippen LogP contribution in [0.25, 0.3) is 0 Å². The maximum absolute atomic E-state index is 14.8. The average Bonchev–Trinajstić information content (AvgIpc) is 3.52. The number of pyridine rings is 1. The first kappa shape index (κ1) is 26.2. The number of halogens is 3. The van der Waals surface area contributed by atoms with Gasteiger partial charge in [-0.2, -0.15) is 8.78 Å². The van der Waals surface area contributed by atoms with E-state index in [0.717, 1.165) is 18.5 Å². The molecule has 194 valence electrons. The molecule has 1 saturated carbocycles. The summed E-state index contributed by atoms with van der Waals surface area (Å²) in [6.07, 6.45) is 4.06. The van der Waals surface area contributed by atoms with E-state index in [1.807, 2.05) is 18.7 Å². The molecule has 0 unspecified atom stereocenters. The highest BCUT2D eigenvalue weighted by Gasteiger charge is 2.50. The lowest BCUT2D eigenvalue weighted by molar-refractivity contribution is -0.128. The Hall–Kier alpha value is -1.84. The predicted molar refractivity (Wildman–Crippen MR) is 132 cm³/mol. The second kappa shape index (κ2) is 9.56. The summed E-state index contributed by atoms with van der Waals surface area (Å²) in [6, 6.07) is 1.72. The number of hydrogen-bond donors (Lipinski definition) is 1. The molecule has 1 N–H and O–H groups in total. The molecule has 10 heteroatoms. The number of piperazine rings is 1. The molecule has 35 heavy (non-hydrogen) atoms. The number of nitrogens with zero attached hydrogens (tertiary/aromatic N) is 4. The van der Waals surface area contributed by atoms with E-state index in [2.05, 4.69) is 22.1 Å². The summed E-state index contributed by atoms with van der Waals surface area (Å²) >= 11 is 0. The van der Waals surface area contributed by atoms with Crippen LogP contribution in [0.1, 0.15) is 57.7 Å². The van der Waals surface area contributed by atoms with Crippen molar-refractivity contribution in [2.45, 2.75) is 69.9 Å². The Morgan fingerprint density at radius 2 is 2.06 bits per heavy atom. The van der Waals surface area contributed by atoms with E-state index in [-0.39, 0.29) is 54.0 Å². The second-order valence-corrected chi connectivity index (χ2v) is 11.2. The number of hydrogen-bond acceptors (Lipinski definition) is 5. The number of aromatic nitrogens is 1. The van der Waals surface area contributed by atoms with Gasteiger partial charge in [-0.1, -0.05) is 13.8 Å². The van der Waals surface area contributed by atoms with Crippen molar-refractivity contribution in [1.82, 2.24) is 20.1 Å². The number of rotatable bonds is 6. The fourth-order valence-corrected chi connectivity index (χ4v) is 5.63. The lowest BCUT2D eigenvalue weighted by Crippen LogP contribution is -2.60. The van der Waals surface area contributed by atoms with Crippen molar-refractivity contribution in [2.75, 3.05) is 44.2 Å². The van der Waals surface area contributed by atoms with Crippen molar-refractivity contribution in [1.29, 1.82) is 0 Å². The van der Waals surface area contributed by atoms with Gasteiger partial charge in [-0.3, -0.25) is 19.5 Å². The molecule has 4 heterocycles. The molecule has 0 aromatic carbocycles. The van der Waals surface area contributed by atoms with Crippen LogP contribution >= 0.6 is 12.4 Å². The smallest absolute Gasteiger partial charge is 0.292 e. The summed E-state index contributed by atoms with van der Waals surface area (Å²) in [6.45, 7) is 9.55. The van der Waals surface area contributed by atoms with Gasteiger partial charge in [-0.15, -0.1) is 12.4 Å². The Balaban J connectivity index is 0.00000289. The Labute approximate surface area is 212 Å². The highest BCUT2D eigenvalue weighted by atomic mass is 35.5. The van der Waals surface area contributed by atoms with Gasteiger partial charge >= 0.3 is 0 Å². The summed E-state index contributed by atoms with van der Waals surface area (Å²) in [4.78, 5) is 35.6. The molecule has 2 saturated heterocycles. The molecule has 0 radical (unpaired) electrons. The number of carbonyl (C=O) groups is 2. The Morgan fingerprint density at radius 1 is 1.31 bits per heavy atom. The number of nitrogens with one attached hydrogen (secondary N) is 1. The number of likely N-dealkylation sites (tertiary alicyclic amines) is 1. The topological polar surface area (TPSA) is 68.8 Å². The molecule has 1 aromatic heterocycles. The van der Waals surface area contributed by atoms with E-state index in [4.69, 9.17) is 0 Å². The molecular weight excluding hydrogens is 476 g/mol. The van der Waals surface area contributed by atoms with Crippen molar-refractivity contribution >= 4 is 29.9 Å². The molecule has 4 aliphatic rings. The third-order valence-corrected chi connectivity index (χ3v) is 7.86. The van der Waals surface area contributed by atoms with Gasteiger partial charge in [0.2, 0.25) is 11.8 Å². The van der Waals surface area contributed by atoms with Crippen molar-refractivity contribution in [2.24, 2.45) is 5.92 Å². The highest BCUT2D eigenvalue weighted by molar-refractivity contribution is 5.97. The Kier molecular flexibility index (Phi) is 7.16. The molecule has 2 amide bonds. The molecular formula is C25H36ClF2N5O2. The van der Waals surface area contributed by atoms with Crippen LogP contribution in [-0.4, -0.2) is 78.0 Å². The fourth-order valence-electron chi connectivity index (χ4n) is 5.63. The van der Waals surface area contributed by atoms with E-state index in [9.17, 15) is 18.4 Å². The Bertz CT molecular complexity index is 987. The average molecular weight is 512 g/mol. The lowest BCUT2D eigenvalue weighted by Gasteiger charge is -2.41. The van der Waals surface area contributed by atoms with Crippen LogP contribution in [-0.2, 0) is 20.9 Å². The van der Waals surface area contributed by atoms with Crippen LogP contribution in [0.15, 0.2) is 12.3 Å². The quantitative estimate of drug-likeness (QED) is 0.636. The third-order valence-electron chi connectivity index (χ3n) is 7.86. The van der Waals surface area contributed by atoms with E-state index in [1.165, 1.54) is 6.07 Å². The minimum absolute atomic E-state index is 0. The monoisotopic (exact) mass is 511 g/mol. The maximum atomic E-state index is 14.8. The van der Waals surface area contributed by atoms with Gasteiger partial charge in [0.25, 0.3) is 5.92 Å². The van der Waals surface area contributed by atoms with Crippen LogP contribution in [0.5, 0.6) is 0 Å². The molecule has 1 aromatic rings. The van der Waals surface area contributed by atoms with Crippen molar-refractivity contribution in [3.63, 3.8) is 0 Å². The zero-order chi connectivity index (χ0) is 24.3. The standard InChI is InChI=1S/C25H35F2N5O2.ClH/c1-16-12-31(18(10-28-16)13-30-8-4-5-22(30)33)14-23(34)32-15-24(2,3)19-11-29-21(9-20(19)32)25(26,27)17-6-7-17;/h9,11,16-18,28H,4-8,10,12-15H2,1-3H3;1H/t16-,18-;/m1./s1. The fraction of sp³-hybridized carbons (Fsp3) is 0.720. The van der Waals surface area contributed by atoms with Crippen molar-refractivity contribution in [3.8, 4) is 0 Å². The number of carbonyl (C=O) groups excluding carboxylic acids is 2. The SMILES string of the molecule is C[C@@H]1CN(CC(=O)N2CC(C)(C)c3cnc(C(F)(F)C4CC4)cc32)[C@@H](CN2CCCC2=O)CN1.Cl. The van der Waals surface area contributed by atoms with Gasteiger partial charge < -0.3 is 15.1 Å². The first-order valence-corrected chi connectivity index (χ1v) is 12.5. The molecule has 0 spiro atoms. The molecule has 7 nitrogen and oxygen atoms in total. The van der Waals surface area contributed by atoms with Crippen LogP contribution in [0.2, 0.25) is 0 Å². The normalized spacial score (nSPS) is 26.6. The van der Waals surface area contributed by atoms with Gasteiger partial charge in [-0.25, -0.2) is 0 Å². The van der Waals surface area contributed by atoms with Gasteiger partial charge in [0.05, 0.1) is 12.2 Å². The van der Waals surface area contributed by atoms with E-state index >= 15 is 0 Å². The first-order valence-electron chi connectivity index (χ1n) is 12.5. The summed E-state index contributed by atoms with van der Waals surface area (Å²) in [5.41, 5.74) is 0.813. The van der Waals surface area contributed by atoms with Gasteiger partial charge in [0.1, 0.15) is 5.69 Å². The molecule has 3 fully saturated rings. The largest absolute Gasteiger partial charge is 0.341 e. The number of amides is 2. The van der Waals surface area contributed by atoms with Crippen molar-refractivity contribution in [3.05, 3.63) is 23.5 Å². The summed E-state index contributed by atoms with van der Waals surface area (Å²) in [5.74, 6) is -3.52. The van der Waals surface area contributed by atoms with Crippen molar-refractivity contribution < 1.29 is 18.4 Å². The predicted octanol–water partition coefficient (Wildman–Crippen LogP) is 2.91. The zero-order valence-corrected chi connectivity index (χ0v) is 21.5. The second-order valence-electron chi connectivity index (χ2n) is 11.2. The highest BCUT2D eigenvalue weighted by Crippen LogP contribution is 2.51. The molecule has 3 aliphatic heterocycles. The molecule has 5 rings (SSSR count). The molecule has 2 atom stereocenters. The van der Waals surface area contributed by atoms with Crippen LogP contribution in [0, 0.1) is 5.92 Å². The van der Waals surface area contributed by atoms with Gasteiger partial charge in [-0.05, 0) is 32.3 Å². The van der Waals surface area contributed by atoms with Gasteiger partial charge in [0.15, 0.2) is 0 Å². The molecule has 1 aliphatic carbocycles. The summed E-state index contributed by atoms with van der Waals surface area (Å²) in [5, 5.41) is 3.47. The lowest BCUT2D eigenvalue weighted by atomic mass is 9.88. The van der Waals surface area contributed by atoms with Gasteiger partial charge in [0, 0.05) is 74.3 Å². The van der Waals surface area contributed by atoms with Crippen LogP contribution < -0.4 is 10.2 Å².